The van der Waals surface area contributed by atoms with Crippen molar-refractivity contribution in [3.63, 3.8) is 0 Å². The minimum absolute atomic E-state index is 0.147. The summed E-state index contributed by atoms with van der Waals surface area (Å²) >= 11 is 0. The Morgan fingerprint density at radius 2 is 1.79 bits per heavy atom. The molecule has 0 spiro atoms. The predicted molar refractivity (Wildman–Crippen MR) is 112 cm³/mol. The number of benzene rings is 2. The van der Waals surface area contributed by atoms with Crippen molar-refractivity contribution in [1.29, 1.82) is 0 Å². The van der Waals surface area contributed by atoms with Crippen molar-refractivity contribution in [1.82, 2.24) is 4.90 Å². The molecule has 0 amide bonds. The van der Waals surface area contributed by atoms with E-state index in [0.717, 1.165) is 24.4 Å². The Labute approximate surface area is 171 Å². The van der Waals surface area contributed by atoms with Crippen LogP contribution in [0.4, 0.5) is 0 Å². The number of carbonyl (C=O) groups excluding carboxylic acids is 1. The van der Waals surface area contributed by atoms with Gasteiger partial charge in [-0.1, -0.05) is 25.0 Å². The van der Waals surface area contributed by atoms with Gasteiger partial charge in [0.05, 0.1) is 17.7 Å². The summed E-state index contributed by atoms with van der Waals surface area (Å²) in [6.07, 6.45) is 6.57. The van der Waals surface area contributed by atoms with Gasteiger partial charge in [-0.2, -0.15) is 0 Å². The number of hydrogen-bond acceptors (Lipinski definition) is 5. The van der Waals surface area contributed by atoms with Gasteiger partial charge in [0.15, 0.2) is 5.76 Å². The normalized spacial score (nSPS) is 18.4. The highest BCUT2D eigenvalue weighted by Crippen LogP contribution is 2.40. The number of Topliss-reactive ketones (excluding diaryl/α,β-unsaturated/α-hetero) is 1. The van der Waals surface area contributed by atoms with Gasteiger partial charge in [0.1, 0.15) is 17.2 Å². The fraction of sp³-hybridized carbons (Fsp3) is 0.375. The number of hydrogen-bond donors (Lipinski definition) is 1. The first kappa shape index (κ1) is 19.5. The maximum Gasteiger partial charge on any atom is 0.231 e. The molecule has 2 aromatic rings. The van der Waals surface area contributed by atoms with Crippen LogP contribution in [0.5, 0.6) is 17.2 Å². The average molecular weight is 393 g/mol. The summed E-state index contributed by atoms with van der Waals surface area (Å²) < 4.78 is 11.4. The van der Waals surface area contributed by atoms with Crippen LogP contribution in [-0.4, -0.2) is 35.5 Å². The van der Waals surface area contributed by atoms with Crippen molar-refractivity contribution in [3.8, 4) is 17.2 Å². The molecule has 0 aliphatic carbocycles. The molecule has 0 aromatic heterocycles. The fourth-order valence-corrected chi connectivity index (χ4v) is 3.95. The highest BCUT2D eigenvalue weighted by atomic mass is 16.5. The van der Waals surface area contributed by atoms with Crippen molar-refractivity contribution in [2.45, 2.75) is 39.2 Å². The first-order valence-electron chi connectivity index (χ1n) is 10.4. The molecule has 1 saturated heterocycles. The van der Waals surface area contributed by atoms with E-state index >= 15 is 0 Å². The van der Waals surface area contributed by atoms with Crippen molar-refractivity contribution >= 4 is 11.9 Å². The molecular weight excluding hydrogens is 366 g/mol. The van der Waals surface area contributed by atoms with Gasteiger partial charge in [0, 0.05) is 6.54 Å². The summed E-state index contributed by atoms with van der Waals surface area (Å²) in [4.78, 5) is 15.2. The van der Waals surface area contributed by atoms with Gasteiger partial charge in [0.2, 0.25) is 5.78 Å². The van der Waals surface area contributed by atoms with Crippen LogP contribution in [-0.2, 0) is 6.54 Å². The van der Waals surface area contributed by atoms with Crippen LogP contribution in [0.25, 0.3) is 6.08 Å². The van der Waals surface area contributed by atoms with Gasteiger partial charge < -0.3 is 14.6 Å². The molecule has 0 bridgehead atoms. The molecule has 5 heteroatoms. The SMILES string of the molecule is CCOc1ccc(/C=C2\Oc3c(ccc(O)c3CN3CCCCCC3)C2=O)cc1. The standard InChI is InChI=1S/C24H27NO4/c1-2-28-18-9-7-17(8-10-18)15-22-23(27)19-11-12-21(26)20(24(19)29-22)16-25-13-5-3-4-6-14-25/h7-12,15,26H,2-6,13-14,16H2,1H3/b22-15-. The van der Waals surface area contributed by atoms with E-state index in [2.05, 4.69) is 4.90 Å². The maximum absolute atomic E-state index is 12.9. The van der Waals surface area contributed by atoms with Gasteiger partial charge in [-0.3, -0.25) is 9.69 Å². The van der Waals surface area contributed by atoms with Crippen molar-refractivity contribution < 1.29 is 19.4 Å². The number of phenols is 1. The van der Waals surface area contributed by atoms with Gasteiger partial charge in [0.25, 0.3) is 0 Å². The zero-order valence-electron chi connectivity index (χ0n) is 16.8. The monoisotopic (exact) mass is 393 g/mol. The topological polar surface area (TPSA) is 59.0 Å². The number of carbonyl (C=O) groups is 1. The van der Waals surface area contributed by atoms with E-state index in [1.54, 1.807) is 18.2 Å². The van der Waals surface area contributed by atoms with Crippen molar-refractivity contribution in [3.05, 3.63) is 58.8 Å². The molecule has 0 saturated carbocycles. The minimum atomic E-state index is -0.147. The Kier molecular flexibility index (Phi) is 5.86. The molecule has 1 fully saturated rings. The number of allylic oxidation sites excluding steroid dienone is 1. The molecule has 4 rings (SSSR count). The van der Waals surface area contributed by atoms with Crippen LogP contribution in [0.2, 0.25) is 0 Å². The Bertz CT molecular complexity index is 909. The number of aromatic hydroxyl groups is 1. The fourth-order valence-electron chi connectivity index (χ4n) is 3.95. The molecule has 29 heavy (non-hydrogen) atoms. The molecule has 5 nitrogen and oxygen atoms in total. The molecular formula is C24H27NO4. The van der Waals surface area contributed by atoms with E-state index in [-0.39, 0.29) is 17.3 Å². The molecule has 1 N–H and O–H groups in total. The van der Waals surface area contributed by atoms with Gasteiger partial charge in [-0.15, -0.1) is 0 Å². The summed E-state index contributed by atoms with van der Waals surface area (Å²) in [7, 11) is 0. The van der Waals surface area contributed by atoms with Gasteiger partial charge in [-0.05, 0) is 68.8 Å². The third kappa shape index (κ3) is 4.30. The van der Waals surface area contributed by atoms with E-state index in [1.165, 1.54) is 25.7 Å². The van der Waals surface area contributed by atoms with Crippen molar-refractivity contribution in [2.75, 3.05) is 19.7 Å². The van der Waals surface area contributed by atoms with Crippen LogP contribution in [0.15, 0.2) is 42.2 Å². The Hall–Kier alpha value is -2.79. The molecule has 2 aliphatic heterocycles. The van der Waals surface area contributed by atoms with Crippen molar-refractivity contribution in [2.24, 2.45) is 0 Å². The average Bonchev–Trinajstić information content (AvgIpc) is 2.88. The second-order valence-corrected chi connectivity index (χ2v) is 7.57. The smallest absolute Gasteiger partial charge is 0.231 e. The zero-order chi connectivity index (χ0) is 20.2. The predicted octanol–water partition coefficient (Wildman–Crippen LogP) is 4.78. The Morgan fingerprint density at radius 1 is 1.07 bits per heavy atom. The van der Waals surface area contributed by atoms with Crippen LogP contribution in [0.1, 0.15) is 54.1 Å². The summed E-state index contributed by atoms with van der Waals surface area (Å²) in [5.74, 6) is 1.61. The molecule has 0 radical (unpaired) electrons. The van der Waals surface area contributed by atoms with E-state index in [1.807, 2.05) is 31.2 Å². The highest BCUT2D eigenvalue weighted by Gasteiger charge is 2.31. The van der Waals surface area contributed by atoms with E-state index in [9.17, 15) is 9.90 Å². The first-order valence-corrected chi connectivity index (χ1v) is 10.4. The first-order chi connectivity index (χ1) is 14.2. The minimum Gasteiger partial charge on any atom is -0.507 e. The van der Waals surface area contributed by atoms with Gasteiger partial charge >= 0.3 is 0 Å². The molecule has 0 atom stereocenters. The van der Waals surface area contributed by atoms with Crippen LogP contribution >= 0.6 is 0 Å². The summed E-state index contributed by atoms with van der Waals surface area (Å²) in [5, 5.41) is 10.5. The molecule has 2 aromatic carbocycles. The maximum atomic E-state index is 12.9. The number of ketones is 1. The number of ether oxygens (including phenoxy) is 2. The summed E-state index contributed by atoms with van der Waals surface area (Å²) in [6, 6.07) is 10.8. The third-order valence-corrected chi connectivity index (χ3v) is 5.49. The van der Waals surface area contributed by atoms with Crippen LogP contribution < -0.4 is 9.47 Å². The molecule has 152 valence electrons. The lowest BCUT2D eigenvalue weighted by molar-refractivity contribution is 0.101. The van der Waals surface area contributed by atoms with Gasteiger partial charge in [-0.25, -0.2) is 0 Å². The largest absolute Gasteiger partial charge is 0.507 e. The Balaban J connectivity index is 1.58. The van der Waals surface area contributed by atoms with Crippen LogP contribution in [0, 0.1) is 0 Å². The number of rotatable bonds is 5. The van der Waals surface area contributed by atoms with Crippen LogP contribution in [0.3, 0.4) is 0 Å². The summed E-state index contributed by atoms with van der Waals surface area (Å²) in [6.45, 7) is 5.16. The highest BCUT2D eigenvalue weighted by molar-refractivity contribution is 6.15. The number of fused-ring (bicyclic) bond motifs is 1. The lowest BCUT2D eigenvalue weighted by atomic mass is 10.0. The third-order valence-electron chi connectivity index (χ3n) is 5.49. The lowest BCUT2D eigenvalue weighted by Gasteiger charge is -2.21. The number of likely N-dealkylation sites (tertiary alicyclic amines) is 1. The lowest BCUT2D eigenvalue weighted by Crippen LogP contribution is -2.24. The second-order valence-electron chi connectivity index (χ2n) is 7.57. The molecule has 0 unspecified atom stereocenters. The number of phenolic OH excluding ortho intramolecular Hbond substituents is 1. The molecule has 2 aliphatic rings. The quantitative estimate of drug-likeness (QED) is 0.741. The van der Waals surface area contributed by atoms with E-state index in [4.69, 9.17) is 9.47 Å². The van der Waals surface area contributed by atoms with E-state index in [0.29, 0.717) is 30.0 Å². The zero-order valence-corrected chi connectivity index (χ0v) is 16.8. The Morgan fingerprint density at radius 3 is 2.48 bits per heavy atom. The van der Waals surface area contributed by atoms with E-state index < -0.39 is 0 Å². The molecule has 2 heterocycles. The number of nitrogens with zero attached hydrogens (tertiary/aromatic N) is 1. The second kappa shape index (κ2) is 8.70. The summed E-state index contributed by atoms with van der Waals surface area (Å²) in [5.41, 5.74) is 2.08.